The second kappa shape index (κ2) is 12.1. The number of para-hydroxylation sites is 2. The van der Waals surface area contributed by atoms with Crippen LogP contribution >= 0.6 is 0 Å². The molecule has 0 aromatic heterocycles. The van der Waals surface area contributed by atoms with E-state index in [-0.39, 0.29) is 0 Å². The third kappa shape index (κ3) is 6.58. The van der Waals surface area contributed by atoms with Crippen molar-refractivity contribution in [2.45, 2.75) is 13.5 Å². The molecule has 7 heteroatoms. The molecule has 32 heavy (non-hydrogen) atoms. The molecule has 0 aliphatic rings. The monoisotopic (exact) mass is 434 g/mol. The van der Waals surface area contributed by atoms with Crippen molar-refractivity contribution in [3.63, 3.8) is 0 Å². The lowest BCUT2D eigenvalue weighted by molar-refractivity contribution is 0.0838. The summed E-state index contributed by atoms with van der Waals surface area (Å²) in [6.45, 7) is 3.55. The van der Waals surface area contributed by atoms with Crippen molar-refractivity contribution < 1.29 is 23.8 Å². The third-order valence-corrected chi connectivity index (χ3v) is 4.48. The van der Waals surface area contributed by atoms with E-state index in [0.29, 0.717) is 49.1 Å². The van der Waals surface area contributed by atoms with E-state index in [2.05, 4.69) is 10.9 Å². The van der Waals surface area contributed by atoms with E-state index in [9.17, 15) is 9.59 Å². The molecule has 166 valence electrons. The van der Waals surface area contributed by atoms with Gasteiger partial charge in [0.2, 0.25) is 0 Å². The highest BCUT2D eigenvalue weighted by molar-refractivity contribution is 6.01. The van der Waals surface area contributed by atoms with Gasteiger partial charge in [-0.2, -0.15) is 0 Å². The molecule has 3 rings (SSSR count). The molecule has 0 spiro atoms. The molecule has 7 nitrogen and oxygen atoms in total. The van der Waals surface area contributed by atoms with Crippen LogP contribution in [0, 0.1) is 0 Å². The number of rotatable bonds is 10. The molecule has 2 N–H and O–H groups in total. The first-order chi connectivity index (χ1) is 15.7. The Bertz CT molecular complexity index is 1020. The fourth-order valence-corrected chi connectivity index (χ4v) is 2.90. The normalized spacial score (nSPS) is 10.3. The van der Waals surface area contributed by atoms with Crippen molar-refractivity contribution in [3.05, 3.63) is 95.6 Å². The minimum atomic E-state index is -0.493. The van der Waals surface area contributed by atoms with E-state index < -0.39 is 11.8 Å². The zero-order valence-electron chi connectivity index (χ0n) is 17.9. The second-order valence-corrected chi connectivity index (χ2v) is 6.72. The van der Waals surface area contributed by atoms with Crippen molar-refractivity contribution in [2.75, 3.05) is 19.8 Å². The van der Waals surface area contributed by atoms with E-state index in [4.69, 9.17) is 14.2 Å². The number of amides is 2. The summed E-state index contributed by atoms with van der Waals surface area (Å²) in [5, 5.41) is 0. The van der Waals surface area contributed by atoms with Gasteiger partial charge in [0.1, 0.15) is 24.7 Å². The third-order valence-electron chi connectivity index (χ3n) is 4.48. The van der Waals surface area contributed by atoms with E-state index in [1.807, 2.05) is 37.3 Å². The van der Waals surface area contributed by atoms with Gasteiger partial charge in [0.25, 0.3) is 11.8 Å². The maximum atomic E-state index is 12.7. The van der Waals surface area contributed by atoms with Crippen LogP contribution < -0.4 is 20.3 Å². The molecule has 0 heterocycles. The van der Waals surface area contributed by atoms with Crippen LogP contribution in [-0.2, 0) is 11.3 Å². The van der Waals surface area contributed by atoms with Crippen molar-refractivity contribution in [2.24, 2.45) is 0 Å². The Hall–Kier alpha value is -3.84. The van der Waals surface area contributed by atoms with Crippen LogP contribution in [0.1, 0.15) is 33.2 Å². The smallest absolute Gasteiger partial charge is 0.273 e. The van der Waals surface area contributed by atoms with Crippen LogP contribution in [0.3, 0.4) is 0 Å². The highest BCUT2D eigenvalue weighted by atomic mass is 16.5. The predicted octanol–water partition coefficient (Wildman–Crippen LogP) is 3.76. The standard InChI is InChI=1S/C25H26N2O5/c1-2-30-16-17-31-22-14-8-6-12-20(22)24(28)26-27-25(29)21-13-7-9-15-23(21)32-18-19-10-4-3-5-11-19/h3-15H,2,16-18H2,1H3,(H,26,28)(H,27,29). The molecule has 0 saturated carbocycles. The highest BCUT2D eigenvalue weighted by Gasteiger charge is 2.16. The molecular formula is C25H26N2O5. The number of hydrazine groups is 1. The van der Waals surface area contributed by atoms with Gasteiger partial charge in [-0.1, -0.05) is 54.6 Å². The van der Waals surface area contributed by atoms with Crippen molar-refractivity contribution in [3.8, 4) is 11.5 Å². The first kappa shape index (κ1) is 22.8. The number of nitrogens with one attached hydrogen (secondary N) is 2. The summed E-state index contributed by atoms with van der Waals surface area (Å²) >= 11 is 0. The summed E-state index contributed by atoms with van der Waals surface area (Å²) in [4.78, 5) is 25.3. The summed E-state index contributed by atoms with van der Waals surface area (Å²) in [6, 6.07) is 23.3. The van der Waals surface area contributed by atoms with Gasteiger partial charge in [0.05, 0.1) is 17.7 Å². The summed E-state index contributed by atoms with van der Waals surface area (Å²) in [6.07, 6.45) is 0. The molecule has 2 amide bonds. The van der Waals surface area contributed by atoms with E-state index in [1.54, 1.807) is 48.5 Å². The van der Waals surface area contributed by atoms with Gasteiger partial charge in [-0.3, -0.25) is 20.4 Å². The predicted molar refractivity (Wildman–Crippen MR) is 121 cm³/mol. The summed E-state index contributed by atoms with van der Waals surface area (Å²) in [5.41, 5.74) is 6.47. The number of benzene rings is 3. The fourth-order valence-electron chi connectivity index (χ4n) is 2.90. The number of hydrogen-bond donors (Lipinski definition) is 2. The zero-order chi connectivity index (χ0) is 22.6. The van der Waals surface area contributed by atoms with Crippen LogP contribution in [0.25, 0.3) is 0 Å². The van der Waals surface area contributed by atoms with Gasteiger partial charge in [0, 0.05) is 6.61 Å². The number of hydrogen-bond acceptors (Lipinski definition) is 5. The van der Waals surface area contributed by atoms with Crippen LogP contribution in [0.15, 0.2) is 78.9 Å². The second-order valence-electron chi connectivity index (χ2n) is 6.72. The lowest BCUT2D eigenvalue weighted by atomic mass is 10.2. The van der Waals surface area contributed by atoms with Gasteiger partial charge < -0.3 is 14.2 Å². The van der Waals surface area contributed by atoms with Crippen molar-refractivity contribution >= 4 is 11.8 Å². The molecule has 3 aromatic carbocycles. The van der Waals surface area contributed by atoms with Gasteiger partial charge in [-0.25, -0.2) is 0 Å². The minimum Gasteiger partial charge on any atom is -0.490 e. The largest absolute Gasteiger partial charge is 0.490 e. The summed E-state index contributed by atoms with van der Waals surface area (Å²) < 4.78 is 16.7. The zero-order valence-corrected chi connectivity index (χ0v) is 17.9. The number of carbonyl (C=O) groups excluding carboxylic acids is 2. The minimum absolute atomic E-state index is 0.304. The van der Waals surface area contributed by atoms with Crippen molar-refractivity contribution in [1.82, 2.24) is 10.9 Å². The molecule has 0 atom stereocenters. The van der Waals surface area contributed by atoms with Crippen LogP contribution in [-0.4, -0.2) is 31.6 Å². The van der Waals surface area contributed by atoms with E-state index >= 15 is 0 Å². The van der Waals surface area contributed by atoms with Crippen LogP contribution in [0.5, 0.6) is 11.5 Å². The summed E-state index contributed by atoms with van der Waals surface area (Å²) in [5.74, 6) is -0.155. The molecule has 0 bridgehead atoms. The van der Waals surface area contributed by atoms with E-state index in [1.165, 1.54) is 0 Å². The van der Waals surface area contributed by atoms with Crippen LogP contribution in [0.2, 0.25) is 0 Å². The first-order valence-electron chi connectivity index (χ1n) is 10.3. The summed E-state index contributed by atoms with van der Waals surface area (Å²) in [7, 11) is 0. The molecule has 0 radical (unpaired) electrons. The van der Waals surface area contributed by atoms with Gasteiger partial charge >= 0.3 is 0 Å². The Morgan fingerprint density at radius 1 is 0.688 bits per heavy atom. The SMILES string of the molecule is CCOCCOc1ccccc1C(=O)NNC(=O)c1ccccc1OCc1ccccc1. The van der Waals surface area contributed by atoms with Crippen LogP contribution in [0.4, 0.5) is 0 Å². The fraction of sp³-hybridized carbons (Fsp3) is 0.200. The molecule has 0 fully saturated rings. The Morgan fingerprint density at radius 2 is 1.22 bits per heavy atom. The van der Waals surface area contributed by atoms with Crippen molar-refractivity contribution in [1.29, 1.82) is 0 Å². The molecule has 0 aliphatic carbocycles. The van der Waals surface area contributed by atoms with Gasteiger partial charge in [-0.05, 0) is 36.8 Å². The highest BCUT2D eigenvalue weighted by Crippen LogP contribution is 2.20. The lowest BCUT2D eigenvalue weighted by Crippen LogP contribution is -2.41. The topological polar surface area (TPSA) is 85.9 Å². The maximum Gasteiger partial charge on any atom is 0.273 e. The van der Waals surface area contributed by atoms with E-state index in [0.717, 1.165) is 5.56 Å². The molecule has 0 aliphatic heterocycles. The average Bonchev–Trinajstić information content (AvgIpc) is 2.85. The Labute approximate surface area is 187 Å². The molecule has 0 saturated heterocycles. The van der Waals surface area contributed by atoms with Gasteiger partial charge in [-0.15, -0.1) is 0 Å². The molecule has 3 aromatic rings. The first-order valence-corrected chi connectivity index (χ1v) is 10.3. The Kier molecular flexibility index (Phi) is 8.65. The Morgan fingerprint density at radius 3 is 1.81 bits per heavy atom. The maximum absolute atomic E-state index is 12.7. The van der Waals surface area contributed by atoms with Gasteiger partial charge in [0.15, 0.2) is 0 Å². The quantitative estimate of drug-likeness (QED) is 0.375. The Balaban J connectivity index is 1.60. The number of carbonyl (C=O) groups is 2. The molecular weight excluding hydrogens is 408 g/mol. The average molecular weight is 434 g/mol. The number of ether oxygens (including phenoxy) is 3. The molecule has 0 unspecified atom stereocenters. The lowest BCUT2D eigenvalue weighted by Gasteiger charge is -2.14.